The molecule has 16 heteroatoms. The molecule has 0 saturated carbocycles. The number of rotatable bonds is 7. The first-order valence-electron chi connectivity index (χ1n) is 10.2. The number of Topliss-reactive ketones (excluding diaryl/α,β-unsaturated/α-hetero) is 1. The van der Waals surface area contributed by atoms with Gasteiger partial charge in [-0.3, -0.25) is 23.9 Å². The molecule has 0 heterocycles. The van der Waals surface area contributed by atoms with E-state index in [9.17, 15) is 43.7 Å². The summed E-state index contributed by atoms with van der Waals surface area (Å²) in [5.41, 5.74) is 5.93. The highest BCUT2D eigenvalue weighted by Gasteiger charge is 2.28. The van der Waals surface area contributed by atoms with E-state index in [0.29, 0.717) is 0 Å². The van der Waals surface area contributed by atoms with Gasteiger partial charge in [0.15, 0.2) is 5.78 Å². The molecule has 5 N–H and O–H groups in total. The Balaban J connectivity index is 1.85. The van der Waals surface area contributed by atoms with Crippen LogP contribution in [-0.2, 0) is 30.4 Å². The molecular weight excluding hydrogens is 550 g/mol. The van der Waals surface area contributed by atoms with Crippen molar-refractivity contribution in [3.05, 3.63) is 64.6 Å². The van der Waals surface area contributed by atoms with Crippen molar-refractivity contribution in [3.8, 4) is 0 Å². The molecule has 196 valence electrons. The number of nitrogens with one attached hydrogen (secondary N) is 2. The summed E-state index contributed by atoms with van der Waals surface area (Å²) in [6.07, 6.45) is 0.638. The highest BCUT2D eigenvalue weighted by molar-refractivity contribution is 7.90. The first-order valence-corrected chi connectivity index (χ1v) is 14.5. The van der Waals surface area contributed by atoms with Crippen LogP contribution in [0.3, 0.4) is 0 Å². The van der Waals surface area contributed by atoms with Crippen LogP contribution in [0, 0.1) is 0 Å². The van der Waals surface area contributed by atoms with Crippen molar-refractivity contribution < 1.29 is 43.7 Å². The van der Waals surface area contributed by atoms with Gasteiger partial charge in [-0.2, -0.15) is 25.3 Å². The molecule has 3 aromatic rings. The molecule has 0 saturated heterocycles. The number of fused-ring (bicyclic) bond motifs is 2. The smallest absolute Gasteiger partial charge is 0.294 e. The molecule has 0 aromatic heterocycles. The van der Waals surface area contributed by atoms with Gasteiger partial charge in [0.1, 0.15) is 9.79 Å². The second-order valence-corrected chi connectivity index (χ2v) is 12.1. The van der Waals surface area contributed by atoms with Crippen molar-refractivity contribution in [1.82, 2.24) is 5.43 Å². The largest absolute Gasteiger partial charge is 0.297 e. The summed E-state index contributed by atoms with van der Waals surface area (Å²) in [6.45, 7) is 0. The predicted octanol–water partition coefficient (Wildman–Crippen LogP) is 2.12. The van der Waals surface area contributed by atoms with Gasteiger partial charge < -0.3 is 0 Å². The Morgan fingerprint density at radius 1 is 0.838 bits per heavy atom. The molecule has 0 unspecified atom stereocenters. The highest BCUT2D eigenvalue weighted by Crippen LogP contribution is 2.36. The summed E-state index contributed by atoms with van der Waals surface area (Å²) in [5.74, 6) is -0.528. The Morgan fingerprint density at radius 3 is 2.14 bits per heavy atom. The van der Waals surface area contributed by atoms with Crippen molar-refractivity contribution in [2.45, 2.75) is 16.2 Å². The maximum absolute atomic E-state index is 12.4. The fraction of sp³-hybridized carbons (Fsp3) is 0.0952. The minimum absolute atomic E-state index is 0.160. The van der Waals surface area contributed by atoms with Crippen LogP contribution < -0.4 is 16.0 Å². The lowest BCUT2D eigenvalue weighted by molar-refractivity contribution is 0.0992. The minimum atomic E-state index is -4.96. The summed E-state index contributed by atoms with van der Waals surface area (Å²) in [7, 11) is -12.9. The standard InChI is InChI=1S/C21H19N3O10S3/c1-22-24(23-13-5-6-15-12(9-13)10-14(11-19(15)25)35(26,27)28)18-8-7-16-17(21(18)37(32,33)34)3-2-4-20(16)36(29,30)31/h2-10,22-23H,11H2,1H3,(H,26,27,28)(H,29,30,31)(H,32,33,34). The molecule has 0 fully saturated rings. The van der Waals surface area contributed by atoms with Gasteiger partial charge in [0.25, 0.3) is 30.4 Å². The van der Waals surface area contributed by atoms with E-state index in [-0.39, 0.29) is 33.3 Å². The Morgan fingerprint density at radius 2 is 1.54 bits per heavy atom. The van der Waals surface area contributed by atoms with Crippen molar-refractivity contribution in [2.24, 2.45) is 0 Å². The summed E-state index contributed by atoms with van der Waals surface area (Å²) >= 11 is 0. The average Bonchev–Trinajstić information content (AvgIpc) is 2.79. The third kappa shape index (κ3) is 5.21. The van der Waals surface area contributed by atoms with Crippen LogP contribution in [-0.4, -0.2) is 51.7 Å². The van der Waals surface area contributed by atoms with Gasteiger partial charge in [-0.05, 0) is 42.0 Å². The minimum Gasteiger partial charge on any atom is -0.294 e. The van der Waals surface area contributed by atoms with E-state index in [4.69, 9.17) is 0 Å². The van der Waals surface area contributed by atoms with E-state index in [0.717, 1.165) is 17.3 Å². The molecule has 0 radical (unpaired) electrons. The predicted molar refractivity (Wildman–Crippen MR) is 134 cm³/mol. The molecule has 3 aromatic carbocycles. The van der Waals surface area contributed by atoms with Crippen molar-refractivity contribution >= 4 is 64.4 Å². The van der Waals surface area contributed by atoms with Crippen molar-refractivity contribution in [2.75, 3.05) is 17.6 Å². The molecule has 1 aliphatic rings. The number of carbonyl (C=O) groups excluding carboxylic acids is 1. The lowest BCUT2D eigenvalue weighted by atomic mass is 9.95. The Kier molecular flexibility index (Phi) is 6.62. The monoisotopic (exact) mass is 569 g/mol. The lowest BCUT2D eigenvalue weighted by Crippen LogP contribution is -2.41. The van der Waals surface area contributed by atoms with Gasteiger partial charge >= 0.3 is 0 Å². The fourth-order valence-corrected chi connectivity index (χ4v) is 6.15. The normalized spacial score (nSPS) is 14.3. The molecule has 0 spiro atoms. The third-order valence-corrected chi connectivity index (χ3v) is 8.31. The van der Waals surface area contributed by atoms with E-state index < -0.39 is 57.3 Å². The highest BCUT2D eigenvalue weighted by atomic mass is 32.2. The molecule has 0 aliphatic heterocycles. The second-order valence-electron chi connectivity index (χ2n) is 7.87. The van der Waals surface area contributed by atoms with Gasteiger partial charge in [0.05, 0.1) is 16.3 Å². The lowest BCUT2D eigenvalue weighted by Gasteiger charge is -2.28. The van der Waals surface area contributed by atoms with Crippen LogP contribution in [0.15, 0.2) is 63.2 Å². The topological polar surface area (TPSA) is 207 Å². The van der Waals surface area contributed by atoms with Crippen LogP contribution in [0.5, 0.6) is 0 Å². The fourth-order valence-electron chi connectivity index (χ4n) is 3.98. The molecular formula is C21H19N3O10S3. The van der Waals surface area contributed by atoms with Crippen LogP contribution in [0.1, 0.15) is 22.3 Å². The van der Waals surface area contributed by atoms with Crippen LogP contribution >= 0.6 is 0 Å². The first kappa shape index (κ1) is 26.7. The van der Waals surface area contributed by atoms with E-state index in [2.05, 4.69) is 10.9 Å². The number of hydrazine groups is 2. The van der Waals surface area contributed by atoms with Gasteiger partial charge in [0, 0.05) is 29.8 Å². The number of ketones is 1. The Bertz CT molecular complexity index is 1820. The zero-order chi connectivity index (χ0) is 27.3. The summed E-state index contributed by atoms with van der Waals surface area (Å²) in [4.78, 5) is 10.6. The third-order valence-electron chi connectivity index (χ3n) is 5.53. The van der Waals surface area contributed by atoms with E-state index in [1.807, 2.05) is 0 Å². The molecule has 0 atom stereocenters. The van der Waals surface area contributed by atoms with Crippen LogP contribution in [0.25, 0.3) is 16.8 Å². The number of carbonyl (C=O) groups is 1. The molecule has 0 bridgehead atoms. The molecule has 4 rings (SSSR count). The number of anilines is 2. The number of benzene rings is 3. The average molecular weight is 570 g/mol. The van der Waals surface area contributed by atoms with E-state index in [1.54, 1.807) is 0 Å². The van der Waals surface area contributed by atoms with Crippen LogP contribution in [0.4, 0.5) is 11.4 Å². The van der Waals surface area contributed by atoms with Gasteiger partial charge in [-0.25, -0.2) is 10.5 Å². The molecule has 1 aliphatic carbocycles. The number of nitrogens with zero attached hydrogens (tertiary/aromatic N) is 1. The molecule has 0 amide bonds. The molecule has 13 nitrogen and oxygen atoms in total. The maximum Gasteiger partial charge on any atom is 0.297 e. The van der Waals surface area contributed by atoms with E-state index >= 15 is 0 Å². The van der Waals surface area contributed by atoms with Crippen molar-refractivity contribution in [1.29, 1.82) is 0 Å². The van der Waals surface area contributed by atoms with Crippen LogP contribution in [0.2, 0.25) is 0 Å². The quantitative estimate of drug-likeness (QED) is 0.204. The zero-order valence-electron chi connectivity index (χ0n) is 18.8. The summed E-state index contributed by atoms with van der Waals surface area (Å²) < 4.78 is 100. The number of hydrogen-bond acceptors (Lipinski definition) is 10. The van der Waals surface area contributed by atoms with Gasteiger partial charge in [0.2, 0.25) is 0 Å². The number of allylic oxidation sites excluding steroid dienone is 1. The van der Waals surface area contributed by atoms with Gasteiger partial charge in [-0.1, -0.05) is 18.2 Å². The zero-order valence-corrected chi connectivity index (χ0v) is 21.2. The second kappa shape index (κ2) is 9.18. The Labute approximate surface area is 211 Å². The SMILES string of the molecule is CNN(Nc1ccc2c(c1)C=C(S(=O)(=O)O)CC2=O)c1ccc2c(S(=O)(=O)O)cccc2c1S(=O)(=O)O. The van der Waals surface area contributed by atoms with Gasteiger partial charge in [-0.15, -0.1) is 0 Å². The summed E-state index contributed by atoms with van der Waals surface area (Å²) in [6, 6.07) is 10.2. The summed E-state index contributed by atoms with van der Waals surface area (Å²) in [5, 5.41) is 0.712. The Hall–Kier alpha value is -3.38. The van der Waals surface area contributed by atoms with Crippen molar-refractivity contribution in [3.63, 3.8) is 0 Å². The first-order chi connectivity index (χ1) is 17.1. The van der Waals surface area contributed by atoms with E-state index in [1.165, 1.54) is 49.5 Å². The maximum atomic E-state index is 12.4. The molecule has 37 heavy (non-hydrogen) atoms. The number of hydrogen-bond donors (Lipinski definition) is 5.